The van der Waals surface area contributed by atoms with Crippen molar-refractivity contribution in [1.82, 2.24) is 0 Å². The summed E-state index contributed by atoms with van der Waals surface area (Å²) in [6.45, 7) is 0.334. The number of hydrogen-bond acceptors (Lipinski definition) is 1. The van der Waals surface area contributed by atoms with Crippen molar-refractivity contribution in [2.45, 2.75) is 63.8 Å². The minimum Gasteiger partial charge on any atom is -0.396 e. The summed E-state index contributed by atoms with van der Waals surface area (Å²) in [5.74, 6) is 0. The van der Waals surface area contributed by atoms with Gasteiger partial charge in [0, 0.05) is 6.61 Å². The molecule has 0 saturated heterocycles. The van der Waals surface area contributed by atoms with E-state index >= 15 is 0 Å². The molecule has 0 aliphatic rings. The Hall–Kier alpha value is 1.05. The molecular weight excluding hydrogens is 283 g/mol. The molecule has 0 aliphatic heterocycles. The summed E-state index contributed by atoms with van der Waals surface area (Å²) in [7, 11) is 0. The molecular formula is C11H23Cl3OSi. The molecule has 0 radical (unpaired) electrons. The average Bonchev–Trinajstić information content (AvgIpc) is 2.19. The fourth-order valence-corrected chi connectivity index (χ4v) is 3.53. The van der Waals surface area contributed by atoms with Crippen LogP contribution in [0.2, 0.25) is 6.04 Å². The molecule has 1 N–H and O–H groups in total. The first-order chi connectivity index (χ1) is 7.56. The molecule has 0 aromatic carbocycles. The second-order valence-electron chi connectivity index (χ2n) is 4.27. The highest BCUT2D eigenvalue weighted by Crippen LogP contribution is 2.27. The topological polar surface area (TPSA) is 20.2 Å². The Morgan fingerprint density at radius 3 is 1.38 bits per heavy atom. The third-order valence-electron chi connectivity index (χ3n) is 2.62. The van der Waals surface area contributed by atoms with Gasteiger partial charge in [-0.25, -0.2) is 0 Å². The lowest BCUT2D eigenvalue weighted by Gasteiger charge is -2.06. The van der Waals surface area contributed by atoms with Crippen molar-refractivity contribution in [2.75, 3.05) is 6.61 Å². The maximum Gasteiger partial charge on any atom is 0.341 e. The van der Waals surface area contributed by atoms with Crippen molar-refractivity contribution in [1.29, 1.82) is 0 Å². The zero-order valence-electron chi connectivity index (χ0n) is 9.86. The fraction of sp³-hybridized carbons (Fsp3) is 1.00. The Balaban J connectivity index is 2.99. The van der Waals surface area contributed by atoms with E-state index in [1.54, 1.807) is 0 Å². The van der Waals surface area contributed by atoms with E-state index in [1.807, 2.05) is 0 Å². The molecule has 0 rings (SSSR count). The summed E-state index contributed by atoms with van der Waals surface area (Å²) in [5.41, 5.74) is 0. The van der Waals surface area contributed by atoms with Crippen LogP contribution >= 0.6 is 33.2 Å². The van der Waals surface area contributed by atoms with Crippen molar-refractivity contribution >= 4 is 39.2 Å². The van der Waals surface area contributed by atoms with Crippen LogP contribution in [0.1, 0.15) is 57.8 Å². The van der Waals surface area contributed by atoms with E-state index in [0.29, 0.717) is 6.61 Å². The van der Waals surface area contributed by atoms with Gasteiger partial charge in [-0.05, 0) is 12.5 Å². The van der Waals surface area contributed by atoms with E-state index in [4.69, 9.17) is 38.3 Å². The van der Waals surface area contributed by atoms with E-state index in [1.165, 1.54) is 38.5 Å². The Bertz CT molecular complexity index is 151. The van der Waals surface area contributed by atoms with Crippen LogP contribution in [-0.4, -0.2) is 17.7 Å². The molecule has 0 heterocycles. The minimum atomic E-state index is -2.35. The summed E-state index contributed by atoms with van der Waals surface area (Å²) >= 11 is 17.4. The van der Waals surface area contributed by atoms with E-state index in [9.17, 15) is 0 Å². The van der Waals surface area contributed by atoms with Gasteiger partial charge in [0.25, 0.3) is 0 Å². The van der Waals surface area contributed by atoms with Gasteiger partial charge in [0.1, 0.15) is 0 Å². The fourth-order valence-electron chi connectivity index (χ4n) is 1.67. The summed E-state index contributed by atoms with van der Waals surface area (Å²) in [6, 6.07) is -1.55. The highest BCUT2D eigenvalue weighted by Gasteiger charge is 2.23. The van der Waals surface area contributed by atoms with Crippen LogP contribution in [0.4, 0.5) is 0 Å². The van der Waals surface area contributed by atoms with E-state index in [0.717, 1.165) is 25.3 Å². The van der Waals surface area contributed by atoms with Crippen molar-refractivity contribution in [3.63, 3.8) is 0 Å². The van der Waals surface area contributed by atoms with Crippen LogP contribution in [0.5, 0.6) is 0 Å². The highest BCUT2D eigenvalue weighted by molar-refractivity contribution is 7.64. The lowest BCUT2D eigenvalue weighted by atomic mass is 10.1. The molecule has 0 saturated carbocycles. The predicted molar refractivity (Wildman–Crippen MR) is 76.8 cm³/mol. The quantitative estimate of drug-likeness (QED) is 0.318. The number of rotatable bonds is 11. The van der Waals surface area contributed by atoms with Crippen LogP contribution in [0.15, 0.2) is 0 Å². The maximum absolute atomic E-state index is 8.60. The van der Waals surface area contributed by atoms with E-state index in [2.05, 4.69) is 0 Å². The lowest BCUT2D eigenvalue weighted by Crippen LogP contribution is -2.07. The zero-order valence-corrected chi connectivity index (χ0v) is 13.1. The van der Waals surface area contributed by atoms with Crippen molar-refractivity contribution < 1.29 is 5.11 Å². The molecule has 0 aromatic rings. The van der Waals surface area contributed by atoms with Crippen molar-refractivity contribution in [3.05, 3.63) is 0 Å². The summed E-state index contributed by atoms with van der Waals surface area (Å²) < 4.78 is 0. The van der Waals surface area contributed by atoms with Gasteiger partial charge in [-0.2, -0.15) is 0 Å². The highest BCUT2D eigenvalue weighted by atomic mass is 35.8. The van der Waals surface area contributed by atoms with Crippen LogP contribution < -0.4 is 0 Å². The van der Waals surface area contributed by atoms with E-state index in [-0.39, 0.29) is 0 Å². The van der Waals surface area contributed by atoms with Gasteiger partial charge in [-0.1, -0.05) is 51.4 Å². The summed E-state index contributed by atoms with van der Waals surface area (Å²) in [6.07, 6.45) is 10.8. The number of aliphatic hydroxyl groups excluding tert-OH is 1. The van der Waals surface area contributed by atoms with Gasteiger partial charge in [-0.15, -0.1) is 33.2 Å². The first-order valence-electron chi connectivity index (χ1n) is 6.24. The number of aliphatic hydroxyl groups is 1. The average molecular weight is 306 g/mol. The molecule has 0 spiro atoms. The zero-order chi connectivity index (χ0) is 12.3. The van der Waals surface area contributed by atoms with Crippen LogP contribution in [0, 0.1) is 0 Å². The van der Waals surface area contributed by atoms with Gasteiger partial charge < -0.3 is 5.11 Å². The van der Waals surface area contributed by atoms with Crippen LogP contribution in [0.25, 0.3) is 0 Å². The Labute approximate surface area is 115 Å². The van der Waals surface area contributed by atoms with Gasteiger partial charge in [0.2, 0.25) is 0 Å². The Morgan fingerprint density at radius 1 is 0.625 bits per heavy atom. The first kappa shape index (κ1) is 17.0. The predicted octanol–water partition coefficient (Wildman–Crippen LogP) is 5.14. The molecule has 5 heteroatoms. The largest absolute Gasteiger partial charge is 0.396 e. The van der Waals surface area contributed by atoms with Crippen molar-refractivity contribution in [3.8, 4) is 0 Å². The monoisotopic (exact) mass is 304 g/mol. The van der Waals surface area contributed by atoms with Gasteiger partial charge in [0.15, 0.2) is 0 Å². The number of halogens is 3. The van der Waals surface area contributed by atoms with Crippen LogP contribution in [0.3, 0.4) is 0 Å². The molecule has 0 amide bonds. The maximum atomic E-state index is 8.60. The smallest absolute Gasteiger partial charge is 0.341 e. The molecule has 0 bridgehead atoms. The Morgan fingerprint density at radius 2 is 1.00 bits per heavy atom. The van der Waals surface area contributed by atoms with Crippen LogP contribution in [-0.2, 0) is 0 Å². The molecule has 0 aliphatic carbocycles. The third-order valence-corrected chi connectivity index (χ3v) is 5.24. The second-order valence-corrected chi connectivity index (χ2v) is 13.5. The first-order valence-corrected chi connectivity index (χ1v) is 11.5. The van der Waals surface area contributed by atoms with Crippen molar-refractivity contribution in [2.24, 2.45) is 0 Å². The summed E-state index contributed by atoms with van der Waals surface area (Å²) in [5, 5.41) is 8.60. The van der Waals surface area contributed by atoms with Gasteiger partial charge in [0.05, 0.1) is 0 Å². The SMILES string of the molecule is OCCCCCCCCCCC[Si](Cl)(Cl)Cl. The molecule has 16 heavy (non-hydrogen) atoms. The Kier molecular flexibility index (Phi) is 11.9. The number of unbranched alkanes of at least 4 members (excludes halogenated alkanes) is 8. The van der Waals surface area contributed by atoms with Gasteiger partial charge >= 0.3 is 6.00 Å². The second kappa shape index (κ2) is 11.2. The standard InChI is InChI=1S/C11H23Cl3OSi/c12-16(13,14)11-9-7-5-3-1-2-4-6-8-10-15/h15H,1-11H2. The molecule has 0 unspecified atom stereocenters. The summed E-state index contributed by atoms with van der Waals surface area (Å²) in [4.78, 5) is 0. The molecule has 0 aromatic heterocycles. The lowest BCUT2D eigenvalue weighted by molar-refractivity contribution is 0.282. The minimum absolute atomic E-state index is 0.334. The normalized spacial score (nSPS) is 12.0. The molecule has 0 atom stereocenters. The number of hydrogen-bond donors (Lipinski definition) is 1. The third kappa shape index (κ3) is 15.0. The molecule has 1 nitrogen and oxygen atoms in total. The van der Waals surface area contributed by atoms with E-state index < -0.39 is 6.00 Å². The molecule has 0 fully saturated rings. The molecule has 98 valence electrons. The van der Waals surface area contributed by atoms with Gasteiger partial charge in [-0.3, -0.25) is 0 Å².